The number of hydrogen-bond donors (Lipinski definition) is 1. The molecule has 0 radical (unpaired) electrons. The number of amides is 1. The van der Waals surface area contributed by atoms with Gasteiger partial charge in [-0.2, -0.15) is 0 Å². The SMILES string of the molecule is CCc1cc(OC2CC2)cc(C(N)=O)c1. The van der Waals surface area contributed by atoms with E-state index in [0.717, 1.165) is 30.6 Å². The lowest BCUT2D eigenvalue weighted by atomic mass is 10.1. The van der Waals surface area contributed by atoms with Crippen LogP contribution >= 0.6 is 0 Å². The highest BCUT2D eigenvalue weighted by Gasteiger charge is 2.23. The summed E-state index contributed by atoms with van der Waals surface area (Å²) in [4.78, 5) is 11.1. The van der Waals surface area contributed by atoms with Crippen molar-refractivity contribution in [1.82, 2.24) is 0 Å². The number of ether oxygens (including phenoxy) is 1. The van der Waals surface area contributed by atoms with Gasteiger partial charge in [0.15, 0.2) is 0 Å². The lowest BCUT2D eigenvalue weighted by molar-refractivity contribution is 0.0999. The number of nitrogens with two attached hydrogens (primary N) is 1. The fourth-order valence-corrected chi connectivity index (χ4v) is 1.45. The van der Waals surface area contributed by atoms with Crippen molar-refractivity contribution in [2.45, 2.75) is 32.3 Å². The van der Waals surface area contributed by atoms with Crippen LogP contribution in [0.1, 0.15) is 35.7 Å². The number of rotatable bonds is 4. The van der Waals surface area contributed by atoms with Gasteiger partial charge in [-0.3, -0.25) is 4.79 Å². The van der Waals surface area contributed by atoms with E-state index in [4.69, 9.17) is 10.5 Å². The molecule has 0 unspecified atom stereocenters. The summed E-state index contributed by atoms with van der Waals surface area (Å²) in [5, 5.41) is 0. The standard InChI is InChI=1S/C12H15NO2/c1-2-8-5-9(12(13)14)7-11(6-8)15-10-3-4-10/h5-7,10H,2-4H2,1H3,(H2,13,14). The Bertz CT molecular complexity index is 383. The fraction of sp³-hybridized carbons (Fsp3) is 0.417. The molecule has 80 valence electrons. The smallest absolute Gasteiger partial charge is 0.248 e. The minimum atomic E-state index is -0.397. The number of primary amides is 1. The molecule has 2 rings (SSSR count). The summed E-state index contributed by atoms with van der Waals surface area (Å²) in [7, 11) is 0. The largest absolute Gasteiger partial charge is 0.490 e. The zero-order chi connectivity index (χ0) is 10.8. The molecule has 2 N–H and O–H groups in total. The molecule has 0 atom stereocenters. The molecule has 1 fully saturated rings. The molecule has 0 heterocycles. The van der Waals surface area contributed by atoms with Crippen LogP contribution in [0.5, 0.6) is 5.75 Å². The summed E-state index contributed by atoms with van der Waals surface area (Å²) in [5.41, 5.74) is 6.88. The first kappa shape index (κ1) is 10.0. The van der Waals surface area contributed by atoms with Gasteiger partial charge >= 0.3 is 0 Å². The second kappa shape index (κ2) is 3.93. The quantitative estimate of drug-likeness (QED) is 0.816. The molecule has 1 aliphatic rings. The van der Waals surface area contributed by atoms with Crippen LogP contribution in [-0.4, -0.2) is 12.0 Å². The minimum Gasteiger partial charge on any atom is -0.490 e. The summed E-state index contributed by atoms with van der Waals surface area (Å²) in [5.74, 6) is 0.372. The summed E-state index contributed by atoms with van der Waals surface area (Å²) in [6.45, 7) is 2.04. The highest BCUT2D eigenvalue weighted by Crippen LogP contribution is 2.28. The normalized spacial score (nSPS) is 15.0. The minimum absolute atomic E-state index is 0.345. The third-order valence-corrected chi connectivity index (χ3v) is 2.49. The van der Waals surface area contributed by atoms with Crippen LogP contribution < -0.4 is 10.5 Å². The predicted octanol–water partition coefficient (Wildman–Crippen LogP) is 1.89. The third-order valence-electron chi connectivity index (χ3n) is 2.49. The van der Waals surface area contributed by atoms with E-state index in [1.54, 1.807) is 6.07 Å². The van der Waals surface area contributed by atoms with Crippen LogP contribution in [0.2, 0.25) is 0 Å². The van der Waals surface area contributed by atoms with Crippen molar-refractivity contribution in [1.29, 1.82) is 0 Å². The van der Waals surface area contributed by atoms with Gasteiger partial charge in [-0.05, 0) is 43.0 Å². The number of benzene rings is 1. The Morgan fingerprint density at radius 2 is 2.20 bits per heavy atom. The first-order valence-corrected chi connectivity index (χ1v) is 5.29. The second-order valence-electron chi connectivity index (χ2n) is 3.90. The van der Waals surface area contributed by atoms with E-state index in [-0.39, 0.29) is 0 Å². The maximum absolute atomic E-state index is 11.1. The molecule has 1 aromatic carbocycles. The maximum Gasteiger partial charge on any atom is 0.248 e. The zero-order valence-corrected chi connectivity index (χ0v) is 8.82. The van der Waals surface area contributed by atoms with Crippen LogP contribution in [0.3, 0.4) is 0 Å². The summed E-state index contributed by atoms with van der Waals surface area (Å²) < 4.78 is 5.65. The Morgan fingerprint density at radius 3 is 2.73 bits per heavy atom. The Kier molecular flexibility index (Phi) is 2.62. The molecule has 15 heavy (non-hydrogen) atoms. The van der Waals surface area contributed by atoms with Gasteiger partial charge < -0.3 is 10.5 Å². The zero-order valence-electron chi connectivity index (χ0n) is 8.82. The van der Waals surface area contributed by atoms with Crippen molar-refractivity contribution < 1.29 is 9.53 Å². The van der Waals surface area contributed by atoms with Gasteiger partial charge in [-0.1, -0.05) is 6.92 Å². The summed E-state index contributed by atoms with van der Waals surface area (Å²) in [6.07, 6.45) is 3.45. The fourth-order valence-electron chi connectivity index (χ4n) is 1.45. The van der Waals surface area contributed by atoms with E-state index in [9.17, 15) is 4.79 Å². The molecular formula is C12H15NO2. The number of hydrogen-bond acceptors (Lipinski definition) is 2. The highest BCUT2D eigenvalue weighted by atomic mass is 16.5. The molecule has 0 aromatic heterocycles. The Morgan fingerprint density at radius 1 is 1.47 bits per heavy atom. The molecule has 3 heteroatoms. The van der Waals surface area contributed by atoms with Gasteiger partial charge in [-0.25, -0.2) is 0 Å². The van der Waals surface area contributed by atoms with Crippen LogP contribution in [0.4, 0.5) is 0 Å². The summed E-state index contributed by atoms with van der Waals surface area (Å²) >= 11 is 0. The number of carbonyl (C=O) groups is 1. The molecule has 1 saturated carbocycles. The van der Waals surface area contributed by atoms with Gasteiger partial charge in [0.25, 0.3) is 0 Å². The third kappa shape index (κ3) is 2.49. The van der Waals surface area contributed by atoms with Gasteiger partial charge in [0.05, 0.1) is 6.10 Å². The molecule has 1 aromatic rings. The number of aryl methyl sites for hydroxylation is 1. The Labute approximate surface area is 89.2 Å². The molecule has 0 bridgehead atoms. The molecule has 1 amide bonds. The van der Waals surface area contributed by atoms with E-state index in [0.29, 0.717) is 11.7 Å². The van der Waals surface area contributed by atoms with Gasteiger partial charge in [0.2, 0.25) is 5.91 Å². The van der Waals surface area contributed by atoms with Crippen LogP contribution in [0, 0.1) is 0 Å². The topological polar surface area (TPSA) is 52.3 Å². The average molecular weight is 205 g/mol. The van der Waals surface area contributed by atoms with Crippen LogP contribution in [0.15, 0.2) is 18.2 Å². The van der Waals surface area contributed by atoms with Crippen molar-refractivity contribution in [3.63, 3.8) is 0 Å². The first-order valence-electron chi connectivity index (χ1n) is 5.29. The Hall–Kier alpha value is -1.51. The van der Waals surface area contributed by atoms with E-state index < -0.39 is 5.91 Å². The van der Waals surface area contributed by atoms with Crippen molar-refractivity contribution in [3.8, 4) is 5.75 Å². The van der Waals surface area contributed by atoms with E-state index in [1.807, 2.05) is 19.1 Å². The Balaban J connectivity index is 2.27. The number of carbonyl (C=O) groups excluding carboxylic acids is 1. The lowest BCUT2D eigenvalue weighted by Crippen LogP contribution is -2.11. The predicted molar refractivity (Wildman–Crippen MR) is 58.0 cm³/mol. The van der Waals surface area contributed by atoms with Crippen molar-refractivity contribution in [3.05, 3.63) is 29.3 Å². The van der Waals surface area contributed by atoms with Crippen LogP contribution in [-0.2, 0) is 6.42 Å². The van der Waals surface area contributed by atoms with Gasteiger partial charge in [-0.15, -0.1) is 0 Å². The second-order valence-corrected chi connectivity index (χ2v) is 3.90. The molecule has 0 aliphatic heterocycles. The average Bonchev–Trinajstić information content (AvgIpc) is 3.01. The molecule has 0 saturated heterocycles. The molecule has 0 spiro atoms. The molecular weight excluding hydrogens is 190 g/mol. The van der Waals surface area contributed by atoms with Gasteiger partial charge in [0.1, 0.15) is 5.75 Å². The van der Waals surface area contributed by atoms with Crippen molar-refractivity contribution in [2.75, 3.05) is 0 Å². The van der Waals surface area contributed by atoms with Crippen LogP contribution in [0.25, 0.3) is 0 Å². The van der Waals surface area contributed by atoms with E-state index >= 15 is 0 Å². The van der Waals surface area contributed by atoms with Gasteiger partial charge in [0, 0.05) is 5.56 Å². The highest BCUT2D eigenvalue weighted by molar-refractivity contribution is 5.93. The van der Waals surface area contributed by atoms with Crippen molar-refractivity contribution in [2.24, 2.45) is 5.73 Å². The van der Waals surface area contributed by atoms with E-state index in [1.165, 1.54) is 0 Å². The lowest BCUT2D eigenvalue weighted by Gasteiger charge is -2.08. The first-order chi connectivity index (χ1) is 7.19. The van der Waals surface area contributed by atoms with Crippen molar-refractivity contribution >= 4 is 5.91 Å². The monoisotopic (exact) mass is 205 g/mol. The molecule has 3 nitrogen and oxygen atoms in total. The molecule has 1 aliphatic carbocycles. The summed E-state index contributed by atoms with van der Waals surface area (Å²) in [6, 6.07) is 5.52. The van der Waals surface area contributed by atoms with E-state index in [2.05, 4.69) is 0 Å². The maximum atomic E-state index is 11.1.